The summed E-state index contributed by atoms with van der Waals surface area (Å²) in [5.41, 5.74) is 3.80. The second-order valence-corrected chi connectivity index (χ2v) is 2.83. The fourth-order valence-corrected chi connectivity index (χ4v) is 1.13. The van der Waals surface area contributed by atoms with Gasteiger partial charge in [-0.1, -0.05) is 0 Å². The molecule has 1 aliphatic heterocycles. The maximum absolute atomic E-state index is 11.4. The molecule has 1 heterocycles. The molecule has 1 N–H and O–H groups in total. The van der Waals surface area contributed by atoms with E-state index in [4.69, 9.17) is 0 Å². The number of nitrogens with one attached hydrogen (secondary N) is 1. The fraction of sp³-hybridized carbons (Fsp3) is 0.250. The van der Waals surface area contributed by atoms with E-state index in [0.717, 1.165) is 0 Å². The number of carbonyl (C=O) groups is 2. The number of carbonyl (C=O) groups excluding carboxylic acids is 2. The van der Waals surface area contributed by atoms with Gasteiger partial charge in [0.25, 0.3) is 0 Å². The molecule has 0 aromatic carbocycles. The molecule has 1 aliphatic carbocycles. The predicted octanol–water partition coefficient (Wildman–Crippen LogP) is -0.254. The van der Waals surface area contributed by atoms with Crippen LogP contribution in [0, 0.1) is 0 Å². The predicted molar refractivity (Wildman–Crippen MR) is 41.7 cm³/mol. The second-order valence-electron chi connectivity index (χ2n) is 2.83. The number of hydrazine groups is 1. The topological polar surface area (TPSA) is 59.1 Å². The molecule has 0 amide bonds. The summed E-state index contributed by atoms with van der Waals surface area (Å²) in [6, 6.07) is 0. The Labute approximate surface area is 69.5 Å². The van der Waals surface area contributed by atoms with E-state index in [1.165, 1.54) is 12.2 Å². The summed E-state index contributed by atoms with van der Waals surface area (Å²) in [4.78, 5) is 22.4. The maximum Gasteiger partial charge on any atom is 0.206 e. The van der Waals surface area contributed by atoms with Crippen molar-refractivity contribution in [3.63, 3.8) is 0 Å². The van der Waals surface area contributed by atoms with Crippen LogP contribution in [0.2, 0.25) is 0 Å². The normalized spacial score (nSPS) is 22.2. The van der Waals surface area contributed by atoms with Gasteiger partial charge in [0.1, 0.15) is 12.4 Å². The quantitative estimate of drug-likeness (QED) is 0.428. The summed E-state index contributed by atoms with van der Waals surface area (Å²) in [5, 5.41) is 1.65. The molecule has 2 rings (SSSR count). The second kappa shape index (κ2) is 2.28. The molecule has 62 valence electrons. The van der Waals surface area contributed by atoms with Gasteiger partial charge >= 0.3 is 0 Å². The summed E-state index contributed by atoms with van der Waals surface area (Å²) in [6.07, 6.45) is 2.71. The molecule has 4 nitrogen and oxygen atoms in total. The van der Waals surface area contributed by atoms with Gasteiger partial charge < -0.3 is 0 Å². The molecule has 0 aromatic heterocycles. The van der Waals surface area contributed by atoms with E-state index in [1.807, 2.05) is 0 Å². The summed E-state index contributed by atoms with van der Waals surface area (Å²) in [6.45, 7) is 2.30. The minimum absolute atomic E-state index is 0.0698. The monoisotopic (exact) mass is 164 g/mol. The van der Waals surface area contributed by atoms with Gasteiger partial charge in [0.05, 0.1) is 0 Å². The Balaban J connectivity index is 2.33. The first-order chi connectivity index (χ1) is 5.68. The Morgan fingerprint density at radius 3 is 2.67 bits per heavy atom. The molecule has 0 radical (unpaired) electrons. The van der Waals surface area contributed by atoms with Crippen molar-refractivity contribution in [3.8, 4) is 0 Å². The SMILES string of the molecule is CC1=CC(=O)C=C(N2CN2)C1=O. The summed E-state index contributed by atoms with van der Waals surface area (Å²) >= 11 is 0. The molecular weight excluding hydrogens is 156 g/mol. The average Bonchev–Trinajstić information content (AvgIpc) is 2.79. The van der Waals surface area contributed by atoms with E-state index in [1.54, 1.807) is 11.9 Å². The Morgan fingerprint density at radius 2 is 2.08 bits per heavy atom. The molecule has 4 heteroatoms. The van der Waals surface area contributed by atoms with Crippen LogP contribution in [0.4, 0.5) is 0 Å². The van der Waals surface area contributed by atoms with Crippen molar-refractivity contribution in [1.29, 1.82) is 0 Å². The molecule has 0 aromatic rings. The number of Topliss-reactive ketones (excluding diaryl/α,β-unsaturated/α-hetero) is 1. The van der Waals surface area contributed by atoms with Crippen LogP contribution >= 0.6 is 0 Å². The van der Waals surface area contributed by atoms with Gasteiger partial charge in [-0.3, -0.25) is 14.6 Å². The van der Waals surface area contributed by atoms with Crippen LogP contribution in [0.5, 0.6) is 0 Å². The zero-order valence-electron chi connectivity index (χ0n) is 6.63. The van der Waals surface area contributed by atoms with E-state index >= 15 is 0 Å². The minimum atomic E-state index is -0.115. The molecule has 1 fully saturated rings. The average molecular weight is 164 g/mol. The third-order valence-electron chi connectivity index (χ3n) is 1.84. The summed E-state index contributed by atoms with van der Waals surface area (Å²) in [5.74, 6) is -0.185. The lowest BCUT2D eigenvalue weighted by Crippen LogP contribution is -2.19. The molecular formula is C8H8N2O2. The molecule has 0 saturated carbocycles. The highest BCUT2D eigenvalue weighted by molar-refractivity contribution is 6.19. The van der Waals surface area contributed by atoms with E-state index in [9.17, 15) is 9.59 Å². The molecule has 0 bridgehead atoms. The van der Waals surface area contributed by atoms with Crippen molar-refractivity contribution in [2.24, 2.45) is 0 Å². The van der Waals surface area contributed by atoms with Gasteiger partial charge in [-0.2, -0.15) is 0 Å². The largest absolute Gasteiger partial charge is 0.290 e. The van der Waals surface area contributed by atoms with Crippen LogP contribution in [-0.4, -0.2) is 23.2 Å². The first-order valence-electron chi connectivity index (χ1n) is 3.68. The van der Waals surface area contributed by atoms with Crippen molar-refractivity contribution >= 4 is 11.6 Å². The van der Waals surface area contributed by atoms with Crippen molar-refractivity contribution < 1.29 is 9.59 Å². The third kappa shape index (κ3) is 1.06. The minimum Gasteiger partial charge on any atom is -0.290 e. The highest BCUT2D eigenvalue weighted by Gasteiger charge is 2.29. The van der Waals surface area contributed by atoms with Crippen molar-refractivity contribution in [2.45, 2.75) is 6.92 Å². The molecule has 1 saturated heterocycles. The van der Waals surface area contributed by atoms with Gasteiger partial charge in [-0.05, 0) is 13.0 Å². The zero-order chi connectivity index (χ0) is 8.72. The number of ketones is 2. The van der Waals surface area contributed by atoms with Crippen LogP contribution in [0.1, 0.15) is 6.92 Å². The first-order valence-corrected chi connectivity index (χ1v) is 3.68. The Hall–Kier alpha value is -1.42. The van der Waals surface area contributed by atoms with E-state index in [0.29, 0.717) is 17.9 Å². The Kier molecular flexibility index (Phi) is 1.38. The molecule has 2 aliphatic rings. The molecule has 0 spiro atoms. The Morgan fingerprint density at radius 1 is 1.42 bits per heavy atom. The molecule has 0 unspecified atom stereocenters. The van der Waals surface area contributed by atoms with Gasteiger partial charge in [0.2, 0.25) is 5.78 Å². The van der Waals surface area contributed by atoms with E-state index < -0.39 is 0 Å². The van der Waals surface area contributed by atoms with Gasteiger partial charge in [0, 0.05) is 11.6 Å². The number of allylic oxidation sites excluding steroid dienone is 3. The van der Waals surface area contributed by atoms with Crippen LogP contribution in [0.15, 0.2) is 23.4 Å². The highest BCUT2D eigenvalue weighted by atomic mass is 16.1. The number of rotatable bonds is 1. The molecule has 0 atom stereocenters. The number of nitrogens with zero attached hydrogens (tertiary/aromatic N) is 1. The van der Waals surface area contributed by atoms with Crippen LogP contribution < -0.4 is 5.43 Å². The molecule has 12 heavy (non-hydrogen) atoms. The zero-order valence-corrected chi connectivity index (χ0v) is 6.63. The van der Waals surface area contributed by atoms with Crippen molar-refractivity contribution in [1.82, 2.24) is 10.4 Å². The van der Waals surface area contributed by atoms with Gasteiger partial charge in [-0.25, -0.2) is 5.43 Å². The lowest BCUT2D eigenvalue weighted by atomic mass is 10.0. The van der Waals surface area contributed by atoms with Gasteiger partial charge in [-0.15, -0.1) is 0 Å². The van der Waals surface area contributed by atoms with E-state index in [-0.39, 0.29) is 11.6 Å². The van der Waals surface area contributed by atoms with Crippen molar-refractivity contribution in [3.05, 3.63) is 23.4 Å². The summed E-state index contributed by atoms with van der Waals surface area (Å²) in [7, 11) is 0. The van der Waals surface area contributed by atoms with Crippen LogP contribution in [0.3, 0.4) is 0 Å². The third-order valence-corrected chi connectivity index (χ3v) is 1.84. The van der Waals surface area contributed by atoms with E-state index in [2.05, 4.69) is 5.43 Å². The fourth-order valence-electron chi connectivity index (χ4n) is 1.13. The van der Waals surface area contributed by atoms with Crippen molar-refractivity contribution in [2.75, 3.05) is 6.67 Å². The van der Waals surface area contributed by atoms with Gasteiger partial charge in [0.15, 0.2) is 5.78 Å². The first kappa shape index (κ1) is 7.24. The number of hydrogen-bond donors (Lipinski definition) is 1. The standard InChI is InChI=1S/C8H8N2O2/c1-5-2-6(11)3-7(8(5)12)10-4-9-10/h2-3,9H,4H2,1H3. The van der Waals surface area contributed by atoms with Crippen LogP contribution in [0.25, 0.3) is 0 Å². The smallest absolute Gasteiger partial charge is 0.206 e. The maximum atomic E-state index is 11.4. The number of hydrogen-bond acceptors (Lipinski definition) is 4. The lowest BCUT2D eigenvalue weighted by molar-refractivity contribution is -0.116. The summed E-state index contributed by atoms with van der Waals surface area (Å²) < 4.78 is 0. The Bertz CT molecular complexity index is 324. The lowest BCUT2D eigenvalue weighted by Gasteiger charge is -2.09. The van der Waals surface area contributed by atoms with Crippen LogP contribution in [-0.2, 0) is 9.59 Å². The highest BCUT2D eigenvalue weighted by Crippen LogP contribution is 2.18.